The maximum atomic E-state index is 12.1. The van der Waals surface area contributed by atoms with Crippen molar-refractivity contribution in [2.75, 3.05) is 31.1 Å². The molecule has 0 aliphatic carbocycles. The lowest BCUT2D eigenvalue weighted by Crippen LogP contribution is -2.50. The highest BCUT2D eigenvalue weighted by Gasteiger charge is 2.27. The summed E-state index contributed by atoms with van der Waals surface area (Å²) in [5.74, 6) is 0. The zero-order chi connectivity index (χ0) is 18.8. The summed E-state index contributed by atoms with van der Waals surface area (Å²) in [4.78, 5) is 27.0. The molecule has 1 heterocycles. The minimum Gasteiger partial charge on any atom is -0.444 e. The van der Waals surface area contributed by atoms with Crippen LogP contribution < -0.4 is 10.4 Å². The average Bonchev–Trinajstić information content (AvgIpc) is 2.53. The topological polar surface area (TPSA) is 90.3 Å². The molecule has 0 radical (unpaired) electrons. The van der Waals surface area contributed by atoms with Crippen LogP contribution in [0.4, 0.5) is 10.5 Å². The van der Waals surface area contributed by atoms with E-state index in [1.165, 1.54) is 6.07 Å². The Morgan fingerprint density at radius 2 is 1.80 bits per heavy atom. The molecule has 1 aliphatic heterocycles. The lowest BCUT2D eigenvalue weighted by molar-refractivity contribution is 0.0240. The molecular formula is C17H25BN2O5. The van der Waals surface area contributed by atoms with Gasteiger partial charge in [-0.1, -0.05) is 6.07 Å². The van der Waals surface area contributed by atoms with Crippen LogP contribution in [0.25, 0.3) is 0 Å². The number of hydrogen-bond acceptors (Lipinski definition) is 6. The fourth-order valence-corrected chi connectivity index (χ4v) is 2.86. The number of benzene rings is 1. The molecule has 1 amide bonds. The maximum absolute atomic E-state index is 12.1. The smallest absolute Gasteiger partial charge is 0.444 e. The van der Waals surface area contributed by atoms with Crippen molar-refractivity contribution in [3.8, 4) is 0 Å². The molecular weight excluding hydrogens is 323 g/mol. The molecule has 1 aromatic carbocycles. The van der Waals surface area contributed by atoms with Gasteiger partial charge in [0, 0.05) is 37.4 Å². The van der Waals surface area contributed by atoms with Gasteiger partial charge in [-0.05, 0) is 44.8 Å². The average molecular weight is 348 g/mol. The number of carbonyl (C=O) groups is 2. The second-order valence-electron chi connectivity index (χ2n) is 7.20. The molecule has 7 nitrogen and oxygen atoms in total. The molecule has 0 bridgehead atoms. The van der Waals surface area contributed by atoms with E-state index in [-0.39, 0.29) is 6.09 Å². The van der Waals surface area contributed by atoms with Gasteiger partial charge in [-0.25, -0.2) is 4.79 Å². The predicted octanol–water partition coefficient (Wildman–Crippen LogP) is 0.544. The Bertz CT molecular complexity index is 649. The van der Waals surface area contributed by atoms with E-state index < -0.39 is 12.7 Å². The van der Waals surface area contributed by atoms with Crippen LogP contribution in [-0.2, 0) is 4.74 Å². The largest absolute Gasteiger partial charge is 0.488 e. The summed E-state index contributed by atoms with van der Waals surface area (Å²) in [7, 11) is -1.64. The van der Waals surface area contributed by atoms with Crippen molar-refractivity contribution in [2.45, 2.75) is 33.3 Å². The van der Waals surface area contributed by atoms with Crippen LogP contribution in [0, 0.1) is 6.92 Å². The lowest BCUT2D eigenvalue weighted by atomic mass is 9.76. The van der Waals surface area contributed by atoms with Crippen LogP contribution in [0.5, 0.6) is 0 Å². The number of rotatable bonds is 3. The molecule has 136 valence electrons. The molecule has 1 fully saturated rings. The van der Waals surface area contributed by atoms with Crippen molar-refractivity contribution in [2.24, 2.45) is 0 Å². The Kier molecular flexibility index (Phi) is 5.74. The van der Waals surface area contributed by atoms with Crippen LogP contribution in [0.15, 0.2) is 12.1 Å². The van der Waals surface area contributed by atoms with E-state index in [4.69, 9.17) is 4.74 Å². The molecule has 1 aliphatic rings. The molecule has 0 unspecified atom stereocenters. The summed E-state index contributed by atoms with van der Waals surface area (Å²) in [5, 5.41) is 19.0. The molecule has 25 heavy (non-hydrogen) atoms. The summed E-state index contributed by atoms with van der Waals surface area (Å²) in [6, 6.07) is 3.21. The van der Waals surface area contributed by atoms with E-state index in [0.717, 1.165) is 5.69 Å². The normalized spacial score (nSPS) is 15.1. The Labute approximate surface area is 148 Å². The number of aldehydes is 1. The number of piperazine rings is 1. The summed E-state index contributed by atoms with van der Waals surface area (Å²) in [5.41, 5.74) is 1.66. The second-order valence-corrected chi connectivity index (χ2v) is 7.20. The molecule has 2 N–H and O–H groups in total. The van der Waals surface area contributed by atoms with Gasteiger partial charge in [-0.2, -0.15) is 0 Å². The van der Waals surface area contributed by atoms with Gasteiger partial charge in [0.25, 0.3) is 0 Å². The Balaban J connectivity index is 2.14. The third-order valence-corrected chi connectivity index (χ3v) is 4.13. The third kappa shape index (κ3) is 4.73. The van der Waals surface area contributed by atoms with Crippen molar-refractivity contribution < 1.29 is 24.4 Å². The maximum Gasteiger partial charge on any atom is 0.488 e. The highest BCUT2D eigenvalue weighted by molar-refractivity contribution is 6.59. The fraction of sp³-hybridized carbons (Fsp3) is 0.529. The van der Waals surface area contributed by atoms with E-state index in [1.807, 2.05) is 25.7 Å². The number of anilines is 1. The van der Waals surface area contributed by atoms with Crippen molar-refractivity contribution in [1.82, 2.24) is 4.90 Å². The van der Waals surface area contributed by atoms with Crippen LogP contribution in [0.1, 0.15) is 36.7 Å². The molecule has 0 spiro atoms. The van der Waals surface area contributed by atoms with E-state index in [2.05, 4.69) is 0 Å². The van der Waals surface area contributed by atoms with Gasteiger partial charge >= 0.3 is 13.2 Å². The standard InChI is InChI=1S/C17H25BN2O5/c1-12-14(18(23)24)9-13(11-21)10-15(12)19-5-7-20(8-6-19)16(22)25-17(2,3)4/h9-11,23-24H,5-8H2,1-4H3. The molecule has 0 saturated carbocycles. The third-order valence-electron chi connectivity index (χ3n) is 4.13. The van der Waals surface area contributed by atoms with Crippen molar-refractivity contribution in [3.63, 3.8) is 0 Å². The van der Waals surface area contributed by atoms with Crippen LogP contribution in [-0.4, -0.2) is 66.2 Å². The first-order chi connectivity index (χ1) is 11.6. The molecule has 1 saturated heterocycles. The van der Waals surface area contributed by atoms with Gasteiger partial charge in [0.05, 0.1) is 0 Å². The fourth-order valence-electron chi connectivity index (χ4n) is 2.86. The summed E-state index contributed by atoms with van der Waals surface area (Å²) < 4.78 is 5.38. The number of amides is 1. The van der Waals surface area contributed by atoms with Crippen molar-refractivity contribution >= 4 is 30.6 Å². The van der Waals surface area contributed by atoms with E-state index in [1.54, 1.807) is 17.9 Å². The monoisotopic (exact) mass is 348 g/mol. The van der Waals surface area contributed by atoms with Crippen molar-refractivity contribution in [1.29, 1.82) is 0 Å². The molecule has 8 heteroatoms. The minimum absolute atomic E-state index is 0.314. The lowest BCUT2D eigenvalue weighted by Gasteiger charge is -2.37. The second kappa shape index (κ2) is 7.45. The number of nitrogens with zero attached hydrogens (tertiary/aromatic N) is 2. The highest BCUT2D eigenvalue weighted by atomic mass is 16.6. The van der Waals surface area contributed by atoms with Gasteiger partial charge in [0.1, 0.15) is 11.9 Å². The zero-order valence-electron chi connectivity index (χ0n) is 15.2. The van der Waals surface area contributed by atoms with Gasteiger partial charge < -0.3 is 24.6 Å². The van der Waals surface area contributed by atoms with Gasteiger partial charge in [0.15, 0.2) is 0 Å². The van der Waals surface area contributed by atoms with Gasteiger partial charge in [-0.15, -0.1) is 0 Å². The highest BCUT2D eigenvalue weighted by Crippen LogP contribution is 2.22. The minimum atomic E-state index is -1.64. The predicted molar refractivity (Wildman–Crippen MR) is 96.4 cm³/mol. The Hall–Kier alpha value is -2.06. The number of hydrogen-bond donors (Lipinski definition) is 2. The number of ether oxygens (including phenoxy) is 1. The van der Waals surface area contributed by atoms with Crippen LogP contribution in [0.2, 0.25) is 0 Å². The van der Waals surface area contributed by atoms with Crippen LogP contribution >= 0.6 is 0 Å². The summed E-state index contributed by atoms with van der Waals surface area (Å²) >= 11 is 0. The van der Waals surface area contributed by atoms with E-state index in [9.17, 15) is 19.6 Å². The summed E-state index contributed by atoms with van der Waals surface area (Å²) in [6.45, 7) is 9.42. The molecule has 0 aromatic heterocycles. The Morgan fingerprint density at radius 1 is 1.20 bits per heavy atom. The van der Waals surface area contributed by atoms with Gasteiger partial charge in [0.2, 0.25) is 0 Å². The number of carbonyl (C=O) groups excluding carboxylic acids is 2. The van der Waals surface area contributed by atoms with Crippen molar-refractivity contribution in [3.05, 3.63) is 23.3 Å². The first kappa shape index (κ1) is 19.3. The zero-order valence-corrected chi connectivity index (χ0v) is 15.2. The SMILES string of the molecule is Cc1c(B(O)O)cc(C=O)cc1N1CCN(C(=O)OC(C)(C)C)CC1. The Morgan fingerprint density at radius 3 is 2.28 bits per heavy atom. The van der Waals surface area contributed by atoms with Gasteiger partial charge in [-0.3, -0.25) is 4.79 Å². The first-order valence-electron chi connectivity index (χ1n) is 8.31. The van der Waals surface area contributed by atoms with E-state index >= 15 is 0 Å². The molecule has 1 aromatic rings. The molecule has 2 rings (SSSR count). The van der Waals surface area contributed by atoms with E-state index in [0.29, 0.717) is 49.1 Å². The first-order valence-corrected chi connectivity index (χ1v) is 8.31. The summed E-state index contributed by atoms with van der Waals surface area (Å²) in [6.07, 6.45) is 0.350. The molecule has 0 atom stereocenters. The quantitative estimate of drug-likeness (QED) is 0.612. The van der Waals surface area contributed by atoms with Crippen LogP contribution in [0.3, 0.4) is 0 Å².